The Morgan fingerprint density at radius 3 is 2.59 bits per heavy atom. The lowest BCUT2D eigenvalue weighted by Gasteiger charge is -2.29. The highest BCUT2D eigenvalue weighted by Gasteiger charge is 2.54. The summed E-state index contributed by atoms with van der Waals surface area (Å²) in [5.74, 6) is -0.712. The first kappa shape index (κ1) is 36.4. The Kier molecular flexibility index (Phi) is 10.3. The van der Waals surface area contributed by atoms with Gasteiger partial charge in [-0.2, -0.15) is 15.1 Å². The maximum absolute atomic E-state index is 14.8. The lowest BCUT2D eigenvalue weighted by atomic mass is 9.96. The number of aromatic nitrogens is 4. The molecule has 0 saturated carbocycles. The van der Waals surface area contributed by atoms with Crippen LogP contribution < -0.4 is 20.1 Å². The predicted molar refractivity (Wildman–Crippen MR) is 182 cm³/mol. The number of hydrogen-bond acceptors (Lipinski definition) is 13. The molecule has 3 heterocycles. The number of carbonyl (C=O) groups is 1. The minimum absolute atomic E-state index is 0.0993. The minimum Gasteiger partial charge on any atom is -0.479 e. The number of nitrogens with two attached hydrogens (primary N) is 1. The van der Waals surface area contributed by atoms with E-state index in [0.717, 1.165) is 5.39 Å². The van der Waals surface area contributed by atoms with Crippen LogP contribution in [-0.2, 0) is 23.4 Å². The van der Waals surface area contributed by atoms with Crippen molar-refractivity contribution in [1.29, 1.82) is 0 Å². The Morgan fingerprint density at radius 2 is 1.92 bits per heavy atom. The van der Waals surface area contributed by atoms with E-state index in [1.165, 1.54) is 24.9 Å². The van der Waals surface area contributed by atoms with E-state index < -0.39 is 50.4 Å². The van der Waals surface area contributed by atoms with Gasteiger partial charge in [0.2, 0.25) is 11.8 Å². The number of imidazole rings is 1. The topological polar surface area (TPSA) is 202 Å². The van der Waals surface area contributed by atoms with Crippen molar-refractivity contribution < 1.29 is 42.8 Å². The molecule has 15 nitrogen and oxygen atoms in total. The van der Waals surface area contributed by atoms with E-state index in [2.05, 4.69) is 20.0 Å². The van der Waals surface area contributed by atoms with E-state index in [-0.39, 0.29) is 46.7 Å². The van der Waals surface area contributed by atoms with Crippen LogP contribution in [0.4, 0.5) is 5.95 Å². The van der Waals surface area contributed by atoms with Crippen molar-refractivity contribution in [3.05, 3.63) is 48.3 Å². The zero-order valence-corrected chi connectivity index (χ0v) is 29.8. The molecule has 1 saturated heterocycles. The number of hydrogen-bond donors (Lipinski definition) is 4. The number of rotatable bonds is 12. The average Bonchev–Trinajstić information content (AvgIpc) is 3.55. The van der Waals surface area contributed by atoms with E-state index in [0.29, 0.717) is 10.9 Å². The van der Waals surface area contributed by atoms with Gasteiger partial charge in [0, 0.05) is 5.39 Å². The molecule has 0 bridgehead atoms. The summed E-state index contributed by atoms with van der Waals surface area (Å²) in [5, 5.41) is 27.1. The van der Waals surface area contributed by atoms with Gasteiger partial charge >= 0.3 is 13.7 Å². The van der Waals surface area contributed by atoms with Crippen LogP contribution in [0.25, 0.3) is 21.9 Å². The molecule has 2 aromatic carbocycles. The molecule has 2 aromatic heterocycles. The molecule has 0 aliphatic carbocycles. The van der Waals surface area contributed by atoms with Crippen molar-refractivity contribution in [3.8, 4) is 11.6 Å². The van der Waals surface area contributed by atoms with Crippen molar-refractivity contribution in [2.45, 2.75) is 78.5 Å². The van der Waals surface area contributed by atoms with Crippen LogP contribution in [0.3, 0.4) is 0 Å². The second-order valence-corrected chi connectivity index (χ2v) is 15.6. The number of ether oxygens (including phenoxy) is 3. The zero-order chi connectivity index (χ0) is 35.9. The third kappa shape index (κ3) is 7.67. The smallest absolute Gasteiger partial charge is 0.459 e. The maximum atomic E-state index is 14.8. The lowest BCUT2D eigenvalue weighted by molar-refractivity contribution is -0.149. The van der Waals surface area contributed by atoms with Crippen molar-refractivity contribution in [2.24, 2.45) is 11.3 Å². The highest BCUT2D eigenvalue weighted by Crippen LogP contribution is 2.50. The van der Waals surface area contributed by atoms with Gasteiger partial charge in [0.15, 0.2) is 17.4 Å². The van der Waals surface area contributed by atoms with Gasteiger partial charge in [0.25, 0.3) is 0 Å². The lowest BCUT2D eigenvalue weighted by Crippen LogP contribution is -2.45. The molecule has 0 radical (unpaired) electrons. The first-order valence-electron chi connectivity index (χ1n) is 15.9. The monoisotopic (exact) mass is 700 g/mol. The predicted octanol–water partition coefficient (Wildman–Crippen LogP) is 4.30. The van der Waals surface area contributed by atoms with Gasteiger partial charge in [-0.05, 0) is 36.1 Å². The number of nitrogen functional groups attached to an aromatic ring is 1. The van der Waals surface area contributed by atoms with E-state index in [4.69, 9.17) is 29.0 Å². The van der Waals surface area contributed by atoms with Crippen LogP contribution in [0.1, 0.15) is 53.3 Å². The summed E-state index contributed by atoms with van der Waals surface area (Å²) in [6, 6.07) is 10.1. The highest BCUT2D eigenvalue weighted by atomic mass is 31.2. The Hall–Kier alpha value is -3.85. The molecule has 1 fully saturated rings. The number of benzene rings is 2. The summed E-state index contributed by atoms with van der Waals surface area (Å²) in [5.41, 5.74) is 4.79. The number of esters is 1. The summed E-state index contributed by atoms with van der Waals surface area (Å²) in [6.45, 7) is 12.1. The summed E-state index contributed by atoms with van der Waals surface area (Å²) in [4.78, 5) is 25.9. The number of fused-ring (bicyclic) bond motifs is 2. The van der Waals surface area contributed by atoms with Crippen LogP contribution in [0.2, 0.25) is 0 Å². The van der Waals surface area contributed by atoms with Crippen molar-refractivity contribution in [3.63, 3.8) is 0 Å². The Labute approximate surface area is 284 Å². The standard InChI is InChI=1S/C33H45N6O9P/c1-18(2)23(29(41)45-16-32(4,5)6)38-49(43,48-25-19(3)13-14-20-11-9-10-12-21(20)25)46-15-22-26(40)33(7,42)30(47-22)39-17-35-24-27(39)36-31(34)37-28(24)44-8/h9-14,17-18,22-23,26,30,40,42H,15-16H2,1-8H3,(H,38,43)(H2,34,36,37). The normalized spacial score (nSPS) is 23.1. The molecule has 1 aliphatic heterocycles. The molecule has 0 amide bonds. The summed E-state index contributed by atoms with van der Waals surface area (Å²) in [7, 11) is -3.05. The van der Waals surface area contributed by atoms with Gasteiger partial charge in [0.05, 0.1) is 26.7 Å². The fraction of sp³-hybridized carbons (Fsp3) is 0.515. The zero-order valence-electron chi connectivity index (χ0n) is 28.9. The van der Waals surface area contributed by atoms with E-state index in [1.807, 2.05) is 57.2 Å². The minimum atomic E-state index is -4.45. The van der Waals surface area contributed by atoms with Crippen molar-refractivity contribution in [1.82, 2.24) is 24.6 Å². The number of carbonyl (C=O) groups excluding carboxylic acids is 1. The van der Waals surface area contributed by atoms with Gasteiger partial charge in [-0.1, -0.05) is 71.0 Å². The number of nitrogens with zero attached hydrogens (tertiary/aromatic N) is 4. The third-order valence-corrected chi connectivity index (χ3v) is 9.68. The van der Waals surface area contributed by atoms with E-state index >= 15 is 0 Å². The SMILES string of the molecule is COc1nc(N)nc2c1ncn2C1OC(COP(=O)(NC(C(=O)OCC(C)(C)C)C(C)C)Oc2c(C)ccc3ccccc23)C(O)C1(C)O. The first-order chi connectivity index (χ1) is 22.9. The molecule has 266 valence electrons. The highest BCUT2D eigenvalue weighted by molar-refractivity contribution is 7.52. The quantitative estimate of drug-likeness (QED) is 0.120. The van der Waals surface area contributed by atoms with Gasteiger partial charge in [-0.15, -0.1) is 0 Å². The largest absolute Gasteiger partial charge is 0.479 e. The van der Waals surface area contributed by atoms with Gasteiger partial charge in [0.1, 0.15) is 29.6 Å². The second kappa shape index (κ2) is 13.8. The molecular formula is C33H45N6O9P. The Bertz CT molecular complexity index is 1870. The number of anilines is 1. The van der Waals surface area contributed by atoms with Crippen molar-refractivity contribution >= 4 is 41.6 Å². The summed E-state index contributed by atoms with van der Waals surface area (Å²) in [6.07, 6.45) is -2.65. The van der Waals surface area contributed by atoms with Gasteiger partial charge in [-0.25, -0.2) is 9.55 Å². The van der Waals surface area contributed by atoms with Gasteiger partial charge < -0.3 is 34.7 Å². The number of aliphatic hydroxyl groups is 2. The fourth-order valence-electron chi connectivity index (χ4n) is 5.47. The molecule has 5 N–H and O–H groups in total. The van der Waals surface area contributed by atoms with E-state index in [9.17, 15) is 19.6 Å². The summed E-state index contributed by atoms with van der Waals surface area (Å²) < 4.78 is 45.4. The number of aryl methyl sites for hydroxylation is 1. The molecular weight excluding hydrogens is 655 g/mol. The number of aliphatic hydroxyl groups excluding tert-OH is 1. The fourth-order valence-corrected chi connectivity index (χ4v) is 7.23. The molecule has 49 heavy (non-hydrogen) atoms. The third-order valence-electron chi connectivity index (χ3n) is 8.17. The van der Waals surface area contributed by atoms with Crippen LogP contribution in [0, 0.1) is 18.3 Å². The van der Waals surface area contributed by atoms with Gasteiger partial charge in [-0.3, -0.25) is 13.9 Å². The van der Waals surface area contributed by atoms with Crippen LogP contribution >= 0.6 is 7.75 Å². The first-order valence-corrected chi connectivity index (χ1v) is 17.5. The average molecular weight is 701 g/mol. The molecule has 0 spiro atoms. The van der Waals surface area contributed by atoms with E-state index in [1.54, 1.807) is 20.8 Å². The van der Waals surface area contributed by atoms with Crippen LogP contribution in [0.15, 0.2) is 42.7 Å². The molecule has 5 rings (SSSR count). The molecule has 4 aromatic rings. The van der Waals surface area contributed by atoms with Crippen LogP contribution in [0.5, 0.6) is 11.6 Å². The molecule has 6 atom stereocenters. The Balaban J connectivity index is 1.46. The number of methoxy groups -OCH3 is 1. The maximum Gasteiger partial charge on any atom is 0.459 e. The molecule has 6 unspecified atom stereocenters. The second-order valence-electron chi connectivity index (χ2n) is 13.9. The number of nitrogens with one attached hydrogen (secondary N) is 1. The summed E-state index contributed by atoms with van der Waals surface area (Å²) >= 11 is 0. The van der Waals surface area contributed by atoms with Crippen molar-refractivity contribution in [2.75, 3.05) is 26.1 Å². The molecule has 16 heteroatoms. The van der Waals surface area contributed by atoms with Crippen LogP contribution in [-0.4, -0.2) is 79.9 Å². The Morgan fingerprint density at radius 1 is 1.20 bits per heavy atom. The molecule has 1 aliphatic rings.